The molecule has 7 nitrogen and oxygen atoms in total. The third kappa shape index (κ3) is 5.30. The highest BCUT2D eigenvalue weighted by molar-refractivity contribution is 14.0. The number of benzene rings is 1. The van der Waals surface area contributed by atoms with Gasteiger partial charge in [-0.15, -0.1) is 34.2 Å². The molecule has 2 aromatic heterocycles. The number of pyridine rings is 1. The van der Waals surface area contributed by atoms with Gasteiger partial charge in [0.25, 0.3) is 0 Å². The maximum atomic E-state index is 6.13. The van der Waals surface area contributed by atoms with E-state index in [-0.39, 0.29) is 24.0 Å². The number of halogens is 2. The number of guanidine groups is 1. The summed E-state index contributed by atoms with van der Waals surface area (Å²) >= 11 is 6.13. The lowest BCUT2D eigenvalue weighted by Crippen LogP contribution is -2.44. The van der Waals surface area contributed by atoms with Gasteiger partial charge in [-0.2, -0.15) is 0 Å². The van der Waals surface area contributed by atoms with Gasteiger partial charge in [0.05, 0.1) is 0 Å². The van der Waals surface area contributed by atoms with Crippen LogP contribution in [-0.4, -0.2) is 46.2 Å². The van der Waals surface area contributed by atoms with E-state index in [1.807, 2.05) is 47.0 Å². The van der Waals surface area contributed by atoms with Crippen LogP contribution in [0.15, 0.2) is 53.7 Å². The van der Waals surface area contributed by atoms with E-state index >= 15 is 0 Å². The number of aliphatic imine (C=N–C) groups is 1. The highest BCUT2D eigenvalue weighted by Gasteiger charge is 2.23. The monoisotopic (exact) mass is 525 g/mol. The van der Waals surface area contributed by atoms with Gasteiger partial charge >= 0.3 is 0 Å². The predicted molar refractivity (Wildman–Crippen MR) is 128 cm³/mol. The zero-order valence-electron chi connectivity index (χ0n) is 16.3. The van der Waals surface area contributed by atoms with Crippen LogP contribution < -0.4 is 15.5 Å². The quantitative estimate of drug-likeness (QED) is 0.304. The Balaban J connectivity index is 0.00000240. The summed E-state index contributed by atoms with van der Waals surface area (Å²) in [5, 5.41) is 16.1. The van der Waals surface area contributed by atoms with Crippen LogP contribution in [0, 0.1) is 0 Å². The van der Waals surface area contributed by atoms with Crippen LogP contribution in [0.4, 0.5) is 5.69 Å². The molecule has 4 rings (SSSR count). The first-order chi connectivity index (χ1) is 13.7. The molecule has 0 aliphatic carbocycles. The number of anilines is 1. The first-order valence-electron chi connectivity index (χ1n) is 9.57. The van der Waals surface area contributed by atoms with Crippen molar-refractivity contribution < 1.29 is 0 Å². The summed E-state index contributed by atoms with van der Waals surface area (Å²) in [6.07, 6.45) is 3.01. The molecule has 1 saturated heterocycles. The summed E-state index contributed by atoms with van der Waals surface area (Å²) in [5.41, 5.74) is 1.99. The SMILES string of the molecule is CCNC(=NCc1nnc2ccccn12)NC1CCN(c2cccc(Cl)c2)C1.I. The summed E-state index contributed by atoms with van der Waals surface area (Å²) in [6, 6.07) is 14.2. The van der Waals surface area contributed by atoms with Crippen molar-refractivity contribution in [1.29, 1.82) is 0 Å². The smallest absolute Gasteiger partial charge is 0.191 e. The topological polar surface area (TPSA) is 69.8 Å². The number of fused-ring (bicyclic) bond motifs is 1. The molecule has 0 spiro atoms. The standard InChI is InChI=1S/C20H24ClN7.HI/c1-2-22-20(23-13-19-26-25-18-8-3-4-10-28(18)19)24-16-9-11-27(14-16)17-7-5-6-15(21)12-17;/h3-8,10,12,16H,2,9,11,13-14H2,1H3,(H2,22,23,24);1H. The molecule has 0 radical (unpaired) electrons. The van der Waals surface area contributed by atoms with Crippen molar-refractivity contribution in [1.82, 2.24) is 25.2 Å². The molecular weight excluding hydrogens is 501 g/mol. The molecule has 0 saturated carbocycles. The molecule has 0 bridgehead atoms. The van der Waals surface area contributed by atoms with Crippen LogP contribution in [0.25, 0.3) is 5.65 Å². The number of nitrogens with zero attached hydrogens (tertiary/aromatic N) is 5. The normalized spacial score (nSPS) is 16.7. The highest BCUT2D eigenvalue weighted by atomic mass is 127. The number of hydrogen-bond acceptors (Lipinski definition) is 4. The average Bonchev–Trinajstić information content (AvgIpc) is 3.33. The van der Waals surface area contributed by atoms with E-state index in [2.05, 4.69) is 38.7 Å². The minimum Gasteiger partial charge on any atom is -0.369 e. The van der Waals surface area contributed by atoms with Crippen LogP contribution in [0.1, 0.15) is 19.2 Å². The van der Waals surface area contributed by atoms with Crippen LogP contribution in [0.5, 0.6) is 0 Å². The molecule has 1 fully saturated rings. The first kappa shape index (κ1) is 21.6. The summed E-state index contributed by atoms with van der Waals surface area (Å²) in [7, 11) is 0. The molecule has 1 unspecified atom stereocenters. The maximum Gasteiger partial charge on any atom is 0.191 e. The molecule has 1 atom stereocenters. The molecule has 3 aromatic rings. The molecule has 9 heteroatoms. The van der Waals surface area contributed by atoms with Gasteiger partial charge in [-0.05, 0) is 43.7 Å². The van der Waals surface area contributed by atoms with E-state index in [0.717, 1.165) is 54.2 Å². The average molecular weight is 526 g/mol. The van der Waals surface area contributed by atoms with E-state index in [1.165, 1.54) is 0 Å². The summed E-state index contributed by atoms with van der Waals surface area (Å²) in [6.45, 7) is 5.24. The van der Waals surface area contributed by atoms with Gasteiger partial charge in [-0.25, -0.2) is 4.99 Å². The van der Waals surface area contributed by atoms with E-state index in [0.29, 0.717) is 12.6 Å². The second-order valence-electron chi connectivity index (χ2n) is 6.80. The van der Waals surface area contributed by atoms with Crippen LogP contribution >= 0.6 is 35.6 Å². The lowest BCUT2D eigenvalue weighted by atomic mass is 10.3. The van der Waals surface area contributed by atoms with Crippen molar-refractivity contribution in [3.8, 4) is 0 Å². The lowest BCUT2D eigenvalue weighted by molar-refractivity contribution is 0.648. The number of aromatic nitrogens is 3. The molecule has 0 amide bonds. The van der Waals surface area contributed by atoms with Gasteiger partial charge in [-0.3, -0.25) is 4.40 Å². The molecule has 3 heterocycles. The Bertz CT molecular complexity index is 974. The molecule has 2 N–H and O–H groups in total. The van der Waals surface area contributed by atoms with Gasteiger partial charge in [0, 0.05) is 42.6 Å². The fourth-order valence-electron chi connectivity index (χ4n) is 3.45. The third-order valence-electron chi connectivity index (χ3n) is 4.81. The van der Waals surface area contributed by atoms with Crippen LogP contribution in [-0.2, 0) is 6.54 Å². The molecule has 29 heavy (non-hydrogen) atoms. The van der Waals surface area contributed by atoms with E-state index in [1.54, 1.807) is 0 Å². The lowest BCUT2D eigenvalue weighted by Gasteiger charge is -2.20. The van der Waals surface area contributed by atoms with Gasteiger partial charge in [0.1, 0.15) is 6.54 Å². The minimum absolute atomic E-state index is 0. The Morgan fingerprint density at radius 3 is 2.97 bits per heavy atom. The van der Waals surface area contributed by atoms with Gasteiger partial charge in [0.15, 0.2) is 17.4 Å². The predicted octanol–water partition coefficient (Wildman–Crippen LogP) is 3.33. The zero-order valence-corrected chi connectivity index (χ0v) is 19.3. The summed E-state index contributed by atoms with van der Waals surface area (Å²) < 4.78 is 1.96. The van der Waals surface area contributed by atoms with E-state index in [9.17, 15) is 0 Å². The molecule has 1 aromatic carbocycles. The number of nitrogens with one attached hydrogen (secondary N) is 2. The Kier molecular flexibility index (Phi) is 7.54. The number of hydrogen-bond donors (Lipinski definition) is 2. The largest absolute Gasteiger partial charge is 0.369 e. The van der Waals surface area contributed by atoms with Crippen molar-refractivity contribution >= 4 is 52.9 Å². The van der Waals surface area contributed by atoms with Crippen molar-refractivity contribution in [2.45, 2.75) is 25.9 Å². The van der Waals surface area contributed by atoms with Crippen molar-refractivity contribution in [2.24, 2.45) is 4.99 Å². The second kappa shape index (κ2) is 10.1. The molecular formula is C20H25ClIN7. The van der Waals surface area contributed by atoms with E-state index < -0.39 is 0 Å². The fraction of sp³-hybridized carbons (Fsp3) is 0.350. The van der Waals surface area contributed by atoms with Crippen molar-refractivity contribution in [3.05, 3.63) is 59.5 Å². The Hall–Kier alpha value is -2.07. The van der Waals surface area contributed by atoms with E-state index in [4.69, 9.17) is 16.6 Å². The van der Waals surface area contributed by atoms with Gasteiger partial charge in [-0.1, -0.05) is 23.7 Å². The minimum atomic E-state index is 0. The van der Waals surface area contributed by atoms with Gasteiger partial charge in [0.2, 0.25) is 0 Å². The molecule has 154 valence electrons. The zero-order chi connectivity index (χ0) is 19.3. The first-order valence-corrected chi connectivity index (χ1v) is 9.94. The Morgan fingerprint density at radius 1 is 1.24 bits per heavy atom. The van der Waals surface area contributed by atoms with Gasteiger partial charge < -0.3 is 15.5 Å². The highest BCUT2D eigenvalue weighted by Crippen LogP contribution is 2.23. The number of rotatable bonds is 5. The van der Waals surface area contributed by atoms with Crippen LogP contribution in [0.3, 0.4) is 0 Å². The maximum absolute atomic E-state index is 6.13. The fourth-order valence-corrected chi connectivity index (χ4v) is 3.63. The summed E-state index contributed by atoms with van der Waals surface area (Å²) in [5.74, 6) is 1.62. The Morgan fingerprint density at radius 2 is 2.14 bits per heavy atom. The molecule has 1 aliphatic rings. The molecule has 1 aliphatic heterocycles. The van der Waals surface area contributed by atoms with Crippen LogP contribution in [0.2, 0.25) is 5.02 Å². The second-order valence-corrected chi connectivity index (χ2v) is 7.23. The van der Waals surface area contributed by atoms with Crippen molar-refractivity contribution in [2.75, 3.05) is 24.5 Å². The summed E-state index contributed by atoms with van der Waals surface area (Å²) in [4.78, 5) is 7.06. The Labute approximate surface area is 192 Å². The third-order valence-corrected chi connectivity index (χ3v) is 5.04. The van der Waals surface area contributed by atoms with Crippen molar-refractivity contribution in [3.63, 3.8) is 0 Å².